The van der Waals surface area contributed by atoms with E-state index in [-0.39, 0.29) is 12.5 Å². The molecule has 43 heavy (non-hydrogen) atoms. The Bertz CT molecular complexity index is 1790. The first-order valence-corrected chi connectivity index (χ1v) is 13.5. The Kier molecular flexibility index (Phi) is 8.61. The summed E-state index contributed by atoms with van der Waals surface area (Å²) >= 11 is 0. The van der Waals surface area contributed by atoms with Gasteiger partial charge in [0.2, 0.25) is 11.9 Å². The third-order valence-corrected chi connectivity index (χ3v) is 6.75. The van der Waals surface area contributed by atoms with Crippen LogP contribution in [-0.2, 0) is 16.6 Å². The third kappa shape index (κ3) is 6.46. The lowest BCUT2D eigenvalue weighted by molar-refractivity contribution is -0.111. The first kappa shape index (κ1) is 28.8. The van der Waals surface area contributed by atoms with Crippen LogP contribution in [0.3, 0.4) is 0 Å². The average molecular weight is 578 g/mol. The molecule has 0 aliphatic heterocycles. The number of amides is 1. The van der Waals surface area contributed by atoms with Gasteiger partial charge in [0.1, 0.15) is 18.0 Å². The first-order chi connectivity index (χ1) is 20.9. The van der Waals surface area contributed by atoms with E-state index >= 15 is 0 Å². The zero-order valence-electron chi connectivity index (χ0n) is 24.1. The molecule has 2 N–H and O–H groups in total. The van der Waals surface area contributed by atoms with E-state index in [1.165, 1.54) is 6.08 Å². The molecule has 0 spiro atoms. The fourth-order valence-corrected chi connectivity index (χ4v) is 4.59. The van der Waals surface area contributed by atoms with Crippen molar-refractivity contribution in [2.75, 3.05) is 42.8 Å². The molecule has 0 radical (unpaired) electrons. The van der Waals surface area contributed by atoms with Crippen LogP contribution in [0.25, 0.3) is 22.3 Å². The number of carbonyl (C=O) groups is 2. The molecule has 11 nitrogen and oxygen atoms in total. The molecular weight excluding hydrogens is 546 g/mol. The van der Waals surface area contributed by atoms with Crippen molar-refractivity contribution < 1.29 is 19.1 Å². The number of benzene rings is 2. The van der Waals surface area contributed by atoms with Gasteiger partial charge in [-0.2, -0.15) is 0 Å². The largest absolute Gasteiger partial charge is 0.494 e. The molecular formula is C32H31N7O4. The Balaban J connectivity index is 1.40. The number of rotatable bonds is 11. The molecule has 0 aliphatic rings. The second kappa shape index (κ2) is 12.9. The van der Waals surface area contributed by atoms with Gasteiger partial charge < -0.3 is 29.6 Å². The lowest BCUT2D eigenvalue weighted by Gasteiger charge is -2.24. The lowest BCUT2D eigenvalue weighted by atomic mass is 10.1. The zero-order valence-corrected chi connectivity index (χ0v) is 24.1. The SMILES string of the molecule is C=CC(=O)Nc1cc(Nc2nccc(-c3cn(C)c4ncccc34)n2)c(OC)cc1N(C)CCOC(=O)c1ccccc1. The number of esters is 1. The number of pyridine rings is 1. The Hall–Kier alpha value is -5.71. The van der Waals surface area contributed by atoms with Crippen LogP contribution in [-0.4, -0.2) is 58.7 Å². The quantitative estimate of drug-likeness (QED) is 0.161. The number of hydrogen-bond donors (Lipinski definition) is 2. The molecule has 2 aromatic carbocycles. The van der Waals surface area contributed by atoms with Crippen LogP contribution in [0, 0.1) is 0 Å². The number of likely N-dealkylation sites (N-methyl/N-ethyl adjacent to an activating group) is 1. The maximum Gasteiger partial charge on any atom is 0.338 e. The second-order valence-corrected chi connectivity index (χ2v) is 9.61. The average Bonchev–Trinajstić information content (AvgIpc) is 3.37. The lowest BCUT2D eigenvalue weighted by Crippen LogP contribution is -2.25. The fraction of sp³-hybridized carbons (Fsp3) is 0.156. The number of hydrogen-bond acceptors (Lipinski definition) is 9. The molecule has 0 saturated heterocycles. The van der Waals surface area contributed by atoms with Crippen LogP contribution in [0.2, 0.25) is 0 Å². The molecule has 0 aliphatic carbocycles. The predicted molar refractivity (Wildman–Crippen MR) is 167 cm³/mol. The minimum Gasteiger partial charge on any atom is -0.494 e. The van der Waals surface area contributed by atoms with Crippen LogP contribution in [0.4, 0.5) is 23.0 Å². The normalized spacial score (nSPS) is 10.7. The maximum atomic E-state index is 12.4. The zero-order chi connectivity index (χ0) is 30.3. The predicted octanol–water partition coefficient (Wildman–Crippen LogP) is 5.20. The summed E-state index contributed by atoms with van der Waals surface area (Å²) in [7, 11) is 5.32. The highest BCUT2D eigenvalue weighted by Crippen LogP contribution is 2.38. The smallest absolute Gasteiger partial charge is 0.338 e. The van der Waals surface area contributed by atoms with E-state index in [2.05, 4.69) is 27.2 Å². The van der Waals surface area contributed by atoms with Gasteiger partial charge in [-0.1, -0.05) is 24.8 Å². The van der Waals surface area contributed by atoms with E-state index in [1.54, 1.807) is 55.9 Å². The molecule has 1 amide bonds. The van der Waals surface area contributed by atoms with Crippen molar-refractivity contribution in [1.82, 2.24) is 19.5 Å². The van der Waals surface area contributed by atoms with Gasteiger partial charge in [-0.05, 0) is 42.5 Å². The number of nitrogens with one attached hydrogen (secondary N) is 2. The monoisotopic (exact) mass is 577 g/mol. The van der Waals surface area contributed by atoms with Gasteiger partial charge in [-0.25, -0.2) is 19.7 Å². The van der Waals surface area contributed by atoms with Crippen LogP contribution < -0.4 is 20.3 Å². The van der Waals surface area contributed by atoms with Crippen LogP contribution in [0.5, 0.6) is 5.75 Å². The Morgan fingerprint density at radius 3 is 2.63 bits per heavy atom. The van der Waals surface area contributed by atoms with Crippen LogP contribution in [0.1, 0.15) is 10.4 Å². The molecule has 11 heteroatoms. The van der Waals surface area contributed by atoms with E-state index in [0.29, 0.717) is 40.9 Å². The summed E-state index contributed by atoms with van der Waals surface area (Å²) in [5, 5.41) is 7.05. The molecule has 0 bridgehead atoms. The molecule has 3 heterocycles. The van der Waals surface area contributed by atoms with Gasteiger partial charge in [0, 0.05) is 49.7 Å². The van der Waals surface area contributed by atoms with E-state index in [0.717, 1.165) is 22.3 Å². The number of nitrogens with zero attached hydrogens (tertiary/aromatic N) is 5. The molecule has 218 valence electrons. The fourth-order valence-electron chi connectivity index (χ4n) is 4.59. The van der Waals surface area contributed by atoms with E-state index in [9.17, 15) is 9.59 Å². The molecule has 0 atom stereocenters. The molecule has 0 unspecified atom stereocenters. The topological polar surface area (TPSA) is 124 Å². The molecule has 3 aromatic heterocycles. The van der Waals surface area contributed by atoms with Crippen molar-refractivity contribution in [2.45, 2.75) is 0 Å². The van der Waals surface area contributed by atoms with Crippen molar-refractivity contribution >= 4 is 45.9 Å². The maximum absolute atomic E-state index is 12.4. The third-order valence-electron chi connectivity index (χ3n) is 6.75. The Labute approximate surface area is 248 Å². The molecule has 0 fully saturated rings. The van der Waals surface area contributed by atoms with Crippen molar-refractivity contribution in [3.63, 3.8) is 0 Å². The van der Waals surface area contributed by atoms with Gasteiger partial charge in [-0.15, -0.1) is 0 Å². The molecule has 5 aromatic rings. The van der Waals surface area contributed by atoms with E-state index in [4.69, 9.17) is 14.5 Å². The Morgan fingerprint density at radius 2 is 1.86 bits per heavy atom. The highest BCUT2D eigenvalue weighted by molar-refractivity contribution is 6.02. The highest BCUT2D eigenvalue weighted by atomic mass is 16.5. The van der Waals surface area contributed by atoms with Crippen molar-refractivity contribution in [3.05, 3.63) is 97.5 Å². The number of fused-ring (bicyclic) bond motifs is 1. The van der Waals surface area contributed by atoms with Gasteiger partial charge >= 0.3 is 5.97 Å². The number of methoxy groups -OCH3 is 1. The molecule has 5 rings (SSSR count). The van der Waals surface area contributed by atoms with Gasteiger partial charge in [0.05, 0.1) is 42.0 Å². The van der Waals surface area contributed by atoms with Crippen molar-refractivity contribution in [2.24, 2.45) is 7.05 Å². The van der Waals surface area contributed by atoms with E-state index in [1.807, 2.05) is 54.0 Å². The number of aromatic nitrogens is 4. The summed E-state index contributed by atoms with van der Waals surface area (Å²) in [4.78, 5) is 40.2. The summed E-state index contributed by atoms with van der Waals surface area (Å²) in [6, 6.07) is 18.0. The molecule has 0 saturated carbocycles. The van der Waals surface area contributed by atoms with E-state index < -0.39 is 5.97 Å². The van der Waals surface area contributed by atoms with Gasteiger partial charge in [0.25, 0.3) is 0 Å². The van der Waals surface area contributed by atoms with Gasteiger partial charge in [0.15, 0.2) is 0 Å². The minimum atomic E-state index is -0.409. The second-order valence-electron chi connectivity index (χ2n) is 9.61. The number of aryl methyl sites for hydroxylation is 1. The summed E-state index contributed by atoms with van der Waals surface area (Å²) < 4.78 is 13.1. The number of carbonyl (C=O) groups excluding carboxylic acids is 2. The number of ether oxygens (including phenoxy) is 2. The van der Waals surface area contributed by atoms with Crippen molar-refractivity contribution in [1.29, 1.82) is 0 Å². The standard InChI is InChI=1S/C32H31N7O4/c1-5-29(40)35-25-18-26(28(42-4)19-27(25)38(2)16-17-43-31(41)21-10-7-6-8-11-21)37-32-34-15-13-24(36-32)23-20-39(3)30-22(23)12-9-14-33-30/h5-15,18-20H,1,16-17H2,2-4H3,(H,35,40)(H,34,36,37). The minimum absolute atomic E-state index is 0.131. The summed E-state index contributed by atoms with van der Waals surface area (Å²) in [6.07, 6.45) is 6.60. The highest BCUT2D eigenvalue weighted by Gasteiger charge is 2.18. The van der Waals surface area contributed by atoms with Crippen LogP contribution in [0.15, 0.2) is 91.9 Å². The Morgan fingerprint density at radius 1 is 1.05 bits per heavy atom. The van der Waals surface area contributed by atoms with Gasteiger partial charge in [-0.3, -0.25) is 4.79 Å². The first-order valence-electron chi connectivity index (χ1n) is 13.5. The number of anilines is 4. The van der Waals surface area contributed by atoms with Crippen LogP contribution >= 0.6 is 0 Å². The van der Waals surface area contributed by atoms with Crippen molar-refractivity contribution in [3.8, 4) is 17.0 Å². The summed E-state index contributed by atoms with van der Waals surface area (Å²) in [5.74, 6) is 0.0344. The summed E-state index contributed by atoms with van der Waals surface area (Å²) in [5.41, 5.74) is 4.64. The summed E-state index contributed by atoms with van der Waals surface area (Å²) in [6.45, 7) is 4.05.